The SMILES string of the molecule is CCC(=O)C(CC)N1C(=O)[C@@](C)(CC(=O)O)C[C@H](c2cccc(Cl)c2)[C@H]1c1ccc(Cl)cc1. The molecule has 5 nitrogen and oxygen atoms in total. The molecule has 1 aliphatic heterocycles. The Labute approximate surface area is 204 Å². The summed E-state index contributed by atoms with van der Waals surface area (Å²) in [7, 11) is 0. The summed E-state index contributed by atoms with van der Waals surface area (Å²) in [5.74, 6) is -1.66. The van der Waals surface area contributed by atoms with Crippen molar-refractivity contribution in [2.24, 2.45) is 5.41 Å². The standard InChI is InChI=1S/C26H29Cl2NO4/c1-4-21(22(30)5-2)29-24(16-9-11-18(27)12-10-16)20(17-7-6-8-19(28)13-17)14-26(3,25(29)33)15-23(31)32/h6-13,20-21,24H,4-5,14-15H2,1-3H3,(H,31,32)/t20-,21?,24-,26-/m1/s1. The first-order valence-corrected chi connectivity index (χ1v) is 11.9. The van der Waals surface area contributed by atoms with Gasteiger partial charge in [0.05, 0.1) is 23.9 Å². The fraction of sp³-hybridized carbons (Fsp3) is 0.423. The second kappa shape index (κ2) is 10.3. The smallest absolute Gasteiger partial charge is 0.304 e. The van der Waals surface area contributed by atoms with Gasteiger partial charge in [-0.25, -0.2) is 0 Å². The number of hydrogen-bond acceptors (Lipinski definition) is 3. The molecule has 1 amide bonds. The molecule has 7 heteroatoms. The van der Waals surface area contributed by atoms with Crippen LogP contribution in [0.2, 0.25) is 10.0 Å². The first-order valence-electron chi connectivity index (χ1n) is 11.2. The number of amides is 1. The van der Waals surface area contributed by atoms with Crippen LogP contribution in [0, 0.1) is 5.41 Å². The van der Waals surface area contributed by atoms with E-state index in [9.17, 15) is 19.5 Å². The van der Waals surface area contributed by atoms with E-state index < -0.39 is 23.5 Å². The van der Waals surface area contributed by atoms with Crippen molar-refractivity contribution in [3.05, 3.63) is 69.7 Å². The summed E-state index contributed by atoms with van der Waals surface area (Å²) in [6.45, 7) is 5.35. The molecule has 1 fully saturated rings. The van der Waals surface area contributed by atoms with E-state index in [2.05, 4.69) is 0 Å². The Morgan fingerprint density at radius 2 is 1.76 bits per heavy atom. The van der Waals surface area contributed by atoms with Gasteiger partial charge in [-0.15, -0.1) is 0 Å². The number of carbonyl (C=O) groups is 3. The monoisotopic (exact) mass is 489 g/mol. The third kappa shape index (κ3) is 5.25. The van der Waals surface area contributed by atoms with Crippen LogP contribution in [-0.4, -0.2) is 33.7 Å². The normalized spacial score (nSPS) is 23.9. The Morgan fingerprint density at radius 1 is 1.09 bits per heavy atom. The first kappa shape index (κ1) is 25.3. The number of halogens is 2. The Balaban J connectivity index is 2.27. The molecule has 1 N–H and O–H groups in total. The number of carbonyl (C=O) groups excluding carboxylic acids is 2. The van der Waals surface area contributed by atoms with E-state index in [0.717, 1.165) is 11.1 Å². The molecule has 2 aromatic carbocycles. The van der Waals surface area contributed by atoms with Gasteiger partial charge in [-0.1, -0.05) is 68.2 Å². The predicted octanol–water partition coefficient (Wildman–Crippen LogP) is 6.29. The molecule has 33 heavy (non-hydrogen) atoms. The maximum absolute atomic E-state index is 14.0. The molecule has 1 saturated heterocycles. The van der Waals surface area contributed by atoms with Gasteiger partial charge in [0.15, 0.2) is 5.78 Å². The van der Waals surface area contributed by atoms with Crippen molar-refractivity contribution in [1.29, 1.82) is 0 Å². The summed E-state index contributed by atoms with van der Waals surface area (Å²) >= 11 is 12.5. The highest BCUT2D eigenvalue weighted by Gasteiger charge is 2.53. The largest absolute Gasteiger partial charge is 0.481 e. The van der Waals surface area contributed by atoms with Crippen LogP contribution >= 0.6 is 23.2 Å². The maximum Gasteiger partial charge on any atom is 0.304 e. The van der Waals surface area contributed by atoms with Crippen molar-refractivity contribution in [2.45, 2.75) is 64.5 Å². The third-order valence-corrected chi connectivity index (χ3v) is 7.06. The minimum atomic E-state index is -1.16. The van der Waals surface area contributed by atoms with E-state index in [-0.39, 0.29) is 30.4 Å². The summed E-state index contributed by atoms with van der Waals surface area (Å²) in [4.78, 5) is 40.4. The van der Waals surface area contributed by atoms with Crippen LogP contribution in [0.1, 0.15) is 69.5 Å². The van der Waals surface area contributed by atoms with E-state index in [0.29, 0.717) is 22.9 Å². The predicted molar refractivity (Wildman–Crippen MR) is 130 cm³/mol. The fourth-order valence-corrected chi connectivity index (χ4v) is 5.36. The Morgan fingerprint density at radius 3 is 2.30 bits per heavy atom. The molecule has 0 aromatic heterocycles. The van der Waals surface area contributed by atoms with E-state index >= 15 is 0 Å². The molecule has 3 rings (SSSR count). The Hall–Kier alpha value is -2.37. The molecule has 176 valence electrons. The number of Topliss-reactive ketones (excluding diaryl/α,β-unsaturated/α-hetero) is 1. The van der Waals surface area contributed by atoms with Gasteiger partial charge >= 0.3 is 5.97 Å². The van der Waals surface area contributed by atoms with Gasteiger partial charge < -0.3 is 10.0 Å². The molecule has 4 atom stereocenters. The number of hydrogen-bond donors (Lipinski definition) is 1. The summed E-state index contributed by atoms with van der Waals surface area (Å²) in [6, 6.07) is 13.6. The maximum atomic E-state index is 14.0. The zero-order valence-corrected chi connectivity index (χ0v) is 20.6. The average Bonchev–Trinajstić information content (AvgIpc) is 2.77. The highest BCUT2D eigenvalue weighted by atomic mass is 35.5. The molecule has 0 aliphatic carbocycles. The molecule has 1 aliphatic rings. The van der Waals surface area contributed by atoms with Crippen LogP contribution in [-0.2, 0) is 14.4 Å². The van der Waals surface area contributed by atoms with Gasteiger partial charge in [0.2, 0.25) is 5.91 Å². The van der Waals surface area contributed by atoms with Crippen LogP contribution < -0.4 is 0 Å². The molecule has 0 bridgehead atoms. The minimum Gasteiger partial charge on any atom is -0.481 e. The number of piperidine rings is 1. The second-order valence-electron chi connectivity index (χ2n) is 8.95. The molecular formula is C26H29Cl2NO4. The van der Waals surface area contributed by atoms with E-state index in [1.165, 1.54) is 0 Å². The van der Waals surface area contributed by atoms with E-state index in [1.54, 1.807) is 36.9 Å². The number of benzene rings is 2. The van der Waals surface area contributed by atoms with Crippen LogP contribution in [0.5, 0.6) is 0 Å². The number of carboxylic acids is 1. The highest BCUT2D eigenvalue weighted by Crippen LogP contribution is 2.52. The molecule has 2 aromatic rings. The van der Waals surface area contributed by atoms with Crippen LogP contribution in [0.3, 0.4) is 0 Å². The van der Waals surface area contributed by atoms with Crippen LogP contribution in [0.25, 0.3) is 0 Å². The molecule has 1 heterocycles. The van der Waals surface area contributed by atoms with Crippen LogP contribution in [0.4, 0.5) is 0 Å². The van der Waals surface area contributed by atoms with Crippen molar-refractivity contribution in [3.8, 4) is 0 Å². The lowest BCUT2D eigenvalue weighted by atomic mass is 9.67. The van der Waals surface area contributed by atoms with Crippen molar-refractivity contribution >= 4 is 40.9 Å². The second-order valence-corrected chi connectivity index (χ2v) is 9.82. The number of likely N-dealkylation sites (tertiary alicyclic amines) is 1. The Kier molecular flexibility index (Phi) is 7.86. The number of nitrogens with zero attached hydrogens (tertiary/aromatic N) is 1. The number of ketones is 1. The molecule has 0 spiro atoms. The summed E-state index contributed by atoms with van der Waals surface area (Å²) in [5, 5.41) is 10.8. The third-order valence-electron chi connectivity index (χ3n) is 6.57. The Bertz CT molecular complexity index is 1040. The summed E-state index contributed by atoms with van der Waals surface area (Å²) in [6.07, 6.45) is 0.726. The molecule has 0 radical (unpaired) electrons. The zero-order chi connectivity index (χ0) is 24.3. The topological polar surface area (TPSA) is 74.7 Å². The lowest BCUT2D eigenvalue weighted by Crippen LogP contribution is -2.57. The molecular weight excluding hydrogens is 461 g/mol. The first-order chi connectivity index (χ1) is 15.6. The number of aliphatic carboxylic acids is 1. The van der Waals surface area contributed by atoms with Gasteiger partial charge in [-0.05, 0) is 48.2 Å². The number of carboxylic acid groups (broad SMARTS) is 1. The lowest BCUT2D eigenvalue weighted by Gasteiger charge is -2.51. The van der Waals surface area contributed by atoms with Gasteiger partial charge in [0.1, 0.15) is 0 Å². The van der Waals surface area contributed by atoms with E-state index in [4.69, 9.17) is 23.2 Å². The number of rotatable bonds is 8. The van der Waals surface area contributed by atoms with E-state index in [1.807, 2.05) is 37.3 Å². The van der Waals surface area contributed by atoms with Gasteiger partial charge in [-0.2, -0.15) is 0 Å². The van der Waals surface area contributed by atoms with Crippen LogP contribution in [0.15, 0.2) is 48.5 Å². The summed E-state index contributed by atoms with van der Waals surface area (Å²) < 4.78 is 0. The fourth-order valence-electron chi connectivity index (χ4n) is 5.04. The molecule has 0 saturated carbocycles. The van der Waals surface area contributed by atoms with Crippen molar-refractivity contribution in [1.82, 2.24) is 4.90 Å². The van der Waals surface area contributed by atoms with Gasteiger partial charge in [0, 0.05) is 22.4 Å². The van der Waals surface area contributed by atoms with Crippen molar-refractivity contribution < 1.29 is 19.5 Å². The average molecular weight is 490 g/mol. The van der Waals surface area contributed by atoms with Crippen molar-refractivity contribution in [3.63, 3.8) is 0 Å². The minimum absolute atomic E-state index is 0.0470. The van der Waals surface area contributed by atoms with Gasteiger partial charge in [0.25, 0.3) is 0 Å². The zero-order valence-electron chi connectivity index (χ0n) is 19.1. The molecule has 1 unspecified atom stereocenters. The lowest BCUT2D eigenvalue weighted by molar-refractivity contribution is -0.162. The van der Waals surface area contributed by atoms with Gasteiger partial charge in [-0.3, -0.25) is 14.4 Å². The quantitative estimate of drug-likeness (QED) is 0.472. The summed E-state index contributed by atoms with van der Waals surface area (Å²) in [5.41, 5.74) is 0.580. The highest BCUT2D eigenvalue weighted by molar-refractivity contribution is 6.30. The van der Waals surface area contributed by atoms with Crippen molar-refractivity contribution in [2.75, 3.05) is 0 Å².